The highest BCUT2D eigenvalue weighted by atomic mass is 32.1. The number of anilines is 1. The lowest BCUT2D eigenvalue weighted by Crippen LogP contribution is -2.12. The molecule has 0 unspecified atom stereocenters. The Morgan fingerprint density at radius 1 is 1.27 bits per heavy atom. The summed E-state index contributed by atoms with van der Waals surface area (Å²) in [5.74, 6) is -1.02. The van der Waals surface area contributed by atoms with Crippen LogP contribution in [0.15, 0.2) is 35.2 Å². The zero-order valence-electron chi connectivity index (χ0n) is 11.4. The molecule has 2 heterocycles. The van der Waals surface area contributed by atoms with Crippen molar-refractivity contribution in [3.8, 4) is 0 Å². The number of aromatic carboxylic acids is 1. The number of carboxylic acid groups (broad SMARTS) is 1. The second-order valence-corrected chi connectivity index (χ2v) is 6.50. The summed E-state index contributed by atoms with van der Waals surface area (Å²) in [6.45, 7) is 0. The predicted octanol–water partition coefficient (Wildman–Crippen LogP) is 3.63. The molecule has 3 aromatic rings. The van der Waals surface area contributed by atoms with Crippen molar-refractivity contribution in [3.05, 3.63) is 45.7 Å². The molecule has 1 amide bonds. The number of aromatic nitrogens is 1. The maximum atomic E-state index is 11.9. The van der Waals surface area contributed by atoms with Crippen LogP contribution in [-0.2, 0) is 11.2 Å². The number of aryl methyl sites for hydroxylation is 1. The molecule has 2 aromatic heterocycles. The van der Waals surface area contributed by atoms with Crippen molar-refractivity contribution in [2.75, 3.05) is 5.32 Å². The molecule has 7 heteroatoms. The lowest BCUT2D eigenvalue weighted by molar-refractivity contribution is -0.116. The fourth-order valence-electron chi connectivity index (χ4n) is 2.05. The van der Waals surface area contributed by atoms with Gasteiger partial charge >= 0.3 is 5.97 Å². The first-order valence-electron chi connectivity index (χ1n) is 6.55. The second kappa shape index (κ2) is 6.25. The number of carboxylic acids is 1. The molecule has 22 heavy (non-hydrogen) atoms. The van der Waals surface area contributed by atoms with Crippen LogP contribution in [-0.4, -0.2) is 22.0 Å². The van der Waals surface area contributed by atoms with Gasteiger partial charge in [0.1, 0.15) is 4.88 Å². The number of hydrogen-bond acceptors (Lipinski definition) is 5. The lowest BCUT2D eigenvalue weighted by atomic mass is 10.2. The van der Waals surface area contributed by atoms with Gasteiger partial charge in [0.15, 0.2) is 0 Å². The van der Waals surface area contributed by atoms with E-state index >= 15 is 0 Å². The van der Waals surface area contributed by atoms with Crippen molar-refractivity contribution in [3.63, 3.8) is 0 Å². The highest BCUT2D eigenvalue weighted by Gasteiger charge is 2.10. The predicted molar refractivity (Wildman–Crippen MR) is 87.8 cm³/mol. The van der Waals surface area contributed by atoms with Crippen molar-refractivity contribution in [1.82, 2.24) is 4.98 Å². The number of rotatable bonds is 5. The van der Waals surface area contributed by atoms with E-state index in [1.165, 1.54) is 22.7 Å². The molecule has 3 rings (SSSR count). The summed E-state index contributed by atoms with van der Waals surface area (Å²) in [5.41, 5.74) is 3.34. The van der Waals surface area contributed by atoms with Crippen molar-refractivity contribution in [2.24, 2.45) is 0 Å². The molecule has 0 radical (unpaired) electrons. The molecule has 0 aliphatic heterocycles. The molecule has 0 spiro atoms. The van der Waals surface area contributed by atoms with E-state index in [4.69, 9.17) is 5.11 Å². The maximum absolute atomic E-state index is 11.9. The van der Waals surface area contributed by atoms with Gasteiger partial charge in [-0.2, -0.15) is 0 Å². The summed E-state index contributed by atoms with van der Waals surface area (Å²) in [7, 11) is 0. The van der Waals surface area contributed by atoms with Gasteiger partial charge in [0.2, 0.25) is 5.91 Å². The van der Waals surface area contributed by atoms with Gasteiger partial charge in [-0.05, 0) is 36.1 Å². The Labute approximate surface area is 134 Å². The van der Waals surface area contributed by atoms with Crippen LogP contribution < -0.4 is 5.32 Å². The van der Waals surface area contributed by atoms with E-state index in [0.717, 1.165) is 15.8 Å². The standard InChI is InChI=1S/C15H12N2O3S2/c18-14(4-2-11-7-21-8-16-11)17-10-1-3-12-9(5-10)6-13(22-12)15(19)20/h1,3,5-8H,2,4H2,(H,17,18)(H,19,20). The lowest BCUT2D eigenvalue weighted by Gasteiger charge is -2.04. The van der Waals surface area contributed by atoms with Gasteiger partial charge in [-0.3, -0.25) is 4.79 Å². The van der Waals surface area contributed by atoms with E-state index < -0.39 is 5.97 Å². The van der Waals surface area contributed by atoms with Crippen molar-refractivity contribution >= 4 is 50.3 Å². The number of thiazole rings is 1. The van der Waals surface area contributed by atoms with E-state index in [-0.39, 0.29) is 5.91 Å². The number of fused-ring (bicyclic) bond motifs is 1. The smallest absolute Gasteiger partial charge is 0.345 e. The highest BCUT2D eigenvalue weighted by molar-refractivity contribution is 7.20. The van der Waals surface area contributed by atoms with E-state index in [1.807, 2.05) is 11.4 Å². The monoisotopic (exact) mass is 332 g/mol. The van der Waals surface area contributed by atoms with Crippen LogP contribution in [0, 0.1) is 0 Å². The van der Waals surface area contributed by atoms with Crippen LogP contribution in [0.3, 0.4) is 0 Å². The molecule has 0 atom stereocenters. The number of nitrogens with zero attached hydrogens (tertiary/aromatic N) is 1. The molecule has 0 aliphatic rings. The van der Waals surface area contributed by atoms with Gasteiger partial charge in [0.25, 0.3) is 0 Å². The van der Waals surface area contributed by atoms with Gasteiger partial charge in [0.05, 0.1) is 11.2 Å². The third-order valence-electron chi connectivity index (χ3n) is 3.10. The molecule has 0 saturated carbocycles. The van der Waals surface area contributed by atoms with Crippen molar-refractivity contribution < 1.29 is 14.7 Å². The minimum atomic E-state index is -0.935. The molecule has 5 nitrogen and oxygen atoms in total. The summed E-state index contributed by atoms with van der Waals surface area (Å²) < 4.78 is 0.887. The molecule has 0 saturated heterocycles. The number of nitrogens with one attached hydrogen (secondary N) is 1. The summed E-state index contributed by atoms with van der Waals surface area (Å²) in [6.07, 6.45) is 0.977. The number of hydrogen-bond donors (Lipinski definition) is 2. The van der Waals surface area contributed by atoms with Gasteiger partial charge in [-0.25, -0.2) is 9.78 Å². The Morgan fingerprint density at radius 2 is 2.14 bits per heavy atom. The number of carbonyl (C=O) groups excluding carboxylic acids is 1. The zero-order chi connectivity index (χ0) is 15.5. The normalized spacial score (nSPS) is 10.7. The molecule has 112 valence electrons. The van der Waals surface area contributed by atoms with Crippen molar-refractivity contribution in [1.29, 1.82) is 0 Å². The largest absolute Gasteiger partial charge is 0.477 e. The van der Waals surface area contributed by atoms with Gasteiger partial charge in [-0.15, -0.1) is 22.7 Å². The molecule has 0 fully saturated rings. The molecular formula is C15H12N2O3S2. The summed E-state index contributed by atoms with van der Waals surface area (Å²) in [5, 5.41) is 14.6. The Hall–Kier alpha value is -2.25. The van der Waals surface area contributed by atoms with Crippen molar-refractivity contribution in [2.45, 2.75) is 12.8 Å². The Bertz CT molecular complexity index is 825. The SMILES string of the molecule is O=C(CCc1cscn1)Nc1ccc2sc(C(=O)O)cc2c1. The molecule has 2 N–H and O–H groups in total. The van der Waals surface area contributed by atoms with E-state index in [0.29, 0.717) is 23.4 Å². The Kier molecular flexibility index (Phi) is 4.17. The van der Waals surface area contributed by atoms with Crippen LogP contribution in [0.25, 0.3) is 10.1 Å². The van der Waals surface area contributed by atoms with Crippen LogP contribution >= 0.6 is 22.7 Å². The first-order chi connectivity index (χ1) is 10.6. The number of carbonyl (C=O) groups is 2. The number of thiophene rings is 1. The second-order valence-electron chi connectivity index (χ2n) is 4.70. The first kappa shape index (κ1) is 14.7. The van der Waals surface area contributed by atoms with E-state index in [2.05, 4.69) is 10.3 Å². The maximum Gasteiger partial charge on any atom is 0.345 e. The third kappa shape index (κ3) is 3.32. The number of benzene rings is 1. The third-order valence-corrected chi connectivity index (χ3v) is 4.84. The highest BCUT2D eigenvalue weighted by Crippen LogP contribution is 2.28. The van der Waals surface area contributed by atoms with E-state index in [1.54, 1.807) is 23.7 Å². The molecule has 0 aliphatic carbocycles. The number of amides is 1. The van der Waals surface area contributed by atoms with Gasteiger partial charge < -0.3 is 10.4 Å². The Balaban J connectivity index is 1.67. The van der Waals surface area contributed by atoms with Crippen LogP contribution in [0.1, 0.15) is 21.8 Å². The summed E-state index contributed by atoms with van der Waals surface area (Å²) in [4.78, 5) is 27.3. The average Bonchev–Trinajstić information content (AvgIpc) is 3.14. The van der Waals surface area contributed by atoms with Crippen LogP contribution in [0.5, 0.6) is 0 Å². The Morgan fingerprint density at radius 3 is 2.86 bits per heavy atom. The minimum absolute atomic E-state index is 0.0824. The quantitative estimate of drug-likeness (QED) is 0.748. The van der Waals surface area contributed by atoms with Crippen LogP contribution in [0.4, 0.5) is 5.69 Å². The van der Waals surface area contributed by atoms with E-state index in [9.17, 15) is 9.59 Å². The molecule has 0 bridgehead atoms. The minimum Gasteiger partial charge on any atom is -0.477 e. The van der Waals surface area contributed by atoms with Crippen LogP contribution in [0.2, 0.25) is 0 Å². The van der Waals surface area contributed by atoms with Gasteiger partial charge in [0, 0.05) is 22.2 Å². The summed E-state index contributed by atoms with van der Waals surface area (Å²) >= 11 is 2.73. The fourth-order valence-corrected chi connectivity index (χ4v) is 3.53. The van der Waals surface area contributed by atoms with Gasteiger partial charge in [-0.1, -0.05) is 0 Å². The summed E-state index contributed by atoms with van der Waals surface area (Å²) in [6, 6.07) is 7.01. The molecular weight excluding hydrogens is 320 g/mol. The zero-order valence-corrected chi connectivity index (χ0v) is 13.0. The first-order valence-corrected chi connectivity index (χ1v) is 8.31. The molecule has 1 aromatic carbocycles. The topological polar surface area (TPSA) is 79.3 Å². The average molecular weight is 332 g/mol. The fraction of sp³-hybridized carbons (Fsp3) is 0.133.